The van der Waals surface area contributed by atoms with Gasteiger partial charge in [0.15, 0.2) is 0 Å². The van der Waals surface area contributed by atoms with E-state index in [0.29, 0.717) is 31.7 Å². The van der Waals surface area contributed by atoms with Crippen molar-refractivity contribution in [2.24, 2.45) is 5.92 Å². The number of nitrogens with zero attached hydrogens (tertiary/aromatic N) is 1. The number of rotatable bonds is 6. The summed E-state index contributed by atoms with van der Waals surface area (Å²) in [5.74, 6) is -0.717. The van der Waals surface area contributed by atoms with Crippen molar-refractivity contribution in [1.29, 1.82) is 0 Å². The largest absolute Gasteiger partial charge is 0.480 e. The lowest BCUT2D eigenvalue weighted by molar-refractivity contribution is -0.148. The van der Waals surface area contributed by atoms with Crippen LogP contribution in [-0.4, -0.2) is 46.9 Å². The number of likely N-dealkylation sites (tertiary alicyclic amines) is 1. The van der Waals surface area contributed by atoms with Gasteiger partial charge in [-0.2, -0.15) is 0 Å². The van der Waals surface area contributed by atoms with Crippen molar-refractivity contribution in [3.05, 3.63) is 0 Å². The zero-order valence-corrected chi connectivity index (χ0v) is 12.3. The molecule has 1 heterocycles. The molecular formula is C15H24N2O4. The molecule has 1 saturated carbocycles. The maximum absolute atomic E-state index is 12.0. The van der Waals surface area contributed by atoms with Crippen LogP contribution < -0.4 is 5.32 Å². The Labute approximate surface area is 124 Å². The SMILES string of the molecule is O=C(CCC1CCCC1)NCC(=O)N1CCC[C@H]1C(=O)O. The fraction of sp³-hybridized carbons (Fsp3) is 0.800. The zero-order valence-electron chi connectivity index (χ0n) is 12.3. The standard InChI is InChI=1S/C15H24N2O4/c18-13(8-7-11-4-1-2-5-11)16-10-14(19)17-9-3-6-12(17)15(20)21/h11-12H,1-10H2,(H,16,18)(H,20,21)/t12-/m0/s1. The molecule has 6 nitrogen and oxygen atoms in total. The Morgan fingerprint density at radius 3 is 2.48 bits per heavy atom. The summed E-state index contributed by atoms with van der Waals surface area (Å²) in [7, 11) is 0. The van der Waals surface area contributed by atoms with Crippen LogP contribution in [0.5, 0.6) is 0 Å². The van der Waals surface area contributed by atoms with E-state index in [9.17, 15) is 14.4 Å². The number of carboxylic acid groups (broad SMARTS) is 1. The maximum Gasteiger partial charge on any atom is 0.326 e. The Bertz CT molecular complexity index is 404. The lowest BCUT2D eigenvalue weighted by Gasteiger charge is -2.21. The van der Waals surface area contributed by atoms with Gasteiger partial charge in [0, 0.05) is 13.0 Å². The highest BCUT2D eigenvalue weighted by molar-refractivity contribution is 5.88. The summed E-state index contributed by atoms with van der Waals surface area (Å²) < 4.78 is 0. The van der Waals surface area contributed by atoms with Gasteiger partial charge in [0.2, 0.25) is 11.8 Å². The van der Waals surface area contributed by atoms with Gasteiger partial charge in [-0.1, -0.05) is 25.7 Å². The fourth-order valence-electron chi connectivity index (χ4n) is 3.32. The van der Waals surface area contributed by atoms with Gasteiger partial charge >= 0.3 is 5.97 Å². The Morgan fingerprint density at radius 1 is 1.10 bits per heavy atom. The smallest absolute Gasteiger partial charge is 0.326 e. The van der Waals surface area contributed by atoms with Crippen molar-refractivity contribution >= 4 is 17.8 Å². The summed E-state index contributed by atoms with van der Waals surface area (Å²) >= 11 is 0. The number of amides is 2. The van der Waals surface area contributed by atoms with Crippen LogP contribution in [0.1, 0.15) is 51.4 Å². The highest BCUT2D eigenvalue weighted by Gasteiger charge is 2.33. The van der Waals surface area contributed by atoms with Gasteiger partial charge in [0.05, 0.1) is 6.54 Å². The van der Waals surface area contributed by atoms with Crippen molar-refractivity contribution in [1.82, 2.24) is 10.2 Å². The molecular weight excluding hydrogens is 272 g/mol. The summed E-state index contributed by atoms with van der Waals surface area (Å²) in [6, 6.07) is -0.729. The Morgan fingerprint density at radius 2 is 1.81 bits per heavy atom. The molecule has 1 aliphatic heterocycles. The molecule has 1 atom stereocenters. The normalized spacial score (nSPS) is 22.5. The number of carboxylic acids is 1. The van der Waals surface area contributed by atoms with Gasteiger partial charge in [-0.25, -0.2) is 4.79 Å². The number of hydrogen-bond donors (Lipinski definition) is 2. The van der Waals surface area contributed by atoms with Crippen LogP contribution in [0.25, 0.3) is 0 Å². The summed E-state index contributed by atoms with van der Waals surface area (Å²) in [5.41, 5.74) is 0. The Balaban J connectivity index is 1.68. The van der Waals surface area contributed by atoms with Gasteiger partial charge in [0.1, 0.15) is 6.04 Å². The van der Waals surface area contributed by atoms with Crippen LogP contribution in [-0.2, 0) is 14.4 Å². The second-order valence-corrected chi connectivity index (χ2v) is 6.05. The average molecular weight is 296 g/mol. The minimum absolute atomic E-state index is 0.0900. The number of hydrogen-bond acceptors (Lipinski definition) is 3. The van der Waals surface area contributed by atoms with Crippen molar-refractivity contribution < 1.29 is 19.5 Å². The summed E-state index contributed by atoms with van der Waals surface area (Å²) in [6.07, 6.45) is 7.49. The van der Waals surface area contributed by atoms with Crippen molar-refractivity contribution in [2.75, 3.05) is 13.1 Å². The molecule has 0 aromatic carbocycles. The number of carbonyl (C=O) groups excluding carboxylic acids is 2. The van der Waals surface area contributed by atoms with Gasteiger partial charge in [-0.3, -0.25) is 9.59 Å². The third kappa shape index (κ3) is 4.44. The predicted molar refractivity (Wildman–Crippen MR) is 76.6 cm³/mol. The fourth-order valence-corrected chi connectivity index (χ4v) is 3.32. The molecule has 2 fully saturated rings. The van der Waals surface area contributed by atoms with Crippen LogP contribution in [0.15, 0.2) is 0 Å². The van der Waals surface area contributed by atoms with Crippen molar-refractivity contribution in [3.8, 4) is 0 Å². The first-order valence-electron chi connectivity index (χ1n) is 7.87. The van der Waals surface area contributed by atoms with Gasteiger partial charge in [0.25, 0.3) is 0 Å². The zero-order chi connectivity index (χ0) is 15.2. The van der Waals surface area contributed by atoms with E-state index in [1.165, 1.54) is 30.6 Å². The first kappa shape index (κ1) is 15.8. The number of nitrogens with one attached hydrogen (secondary N) is 1. The molecule has 21 heavy (non-hydrogen) atoms. The van der Waals surface area contributed by atoms with E-state index < -0.39 is 12.0 Å². The molecule has 2 amide bonds. The highest BCUT2D eigenvalue weighted by Crippen LogP contribution is 2.28. The molecule has 0 aromatic heterocycles. The van der Waals surface area contributed by atoms with E-state index in [1.807, 2.05) is 0 Å². The molecule has 0 spiro atoms. The van der Waals surface area contributed by atoms with E-state index >= 15 is 0 Å². The molecule has 6 heteroatoms. The molecule has 0 unspecified atom stereocenters. The predicted octanol–water partition coefficient (Wildman–Crippen LogP) is 1.15. The van der Waals surface area contributed by atoms with Gasteiger partial charge < -0.3 is 15.3 Å². The lowest BCUT2D eigenvalue weighted by atomic mass is 10.0. The van der Waals surface area contributed by atoms with Gasteiger partial charge in [-0.15, -0.1) is 0 Å². The molecule has 2 aliphatic rings. The van der Waals surface area contributed by atoms with E-state index in [1.54, 1.807) is 0 Å². The van der Waals surface area contributed by atoms with E-state index in [0.717, 1.165) is 6.42 Å². The van der Waals surface area contributed by atoms with Crippen LogP contribution in [0.3, 0.4) is 0 Å². The van der Waals surface area contributed by atoms with Crippen LogP contribution >= 0.6 is 0 Å². The number of carbonyl (C=O) groups is 3. The molecule has 2 rings (SSSR count). The van der Waals surface area contributed by atoms with E-state index in [4.69, 9.17) is 5.11 Å². The summed E-state index contributed by atoms with van der Waals surface area (Å²) in [6.45, 7) is 0.376. The topological polar surface area (TPSA) is 86.7 Å². The molecule has 1 aliphatic carbocycles. The summed E-state index contributed by atoms with van der Waals surface area (Å²) in [5, 5.41) is 11.7. The van der Waals surface area contributed by atoms with Crippen LogP contribution in [0, 0.1) is 5.92 Å². The summed E-state index contributed by atoms with van der Waals surface area (Å²) in [4.78, 5) is 36.1. The minimum atomic E-state index is -0.964. The molecule has 118 valence electrons. The van der Waals surface area contributed by atoms with Gasteiger partial charge in [-0.05, 0) is 25.2 Å². The second-order valence-electron chi connectivity index (χ2n) is 6.05. The minimum Gasteiger partial charge on any atom is -0.480 e. The Kier molecular flexibility index (Phi) is 5.59. The number of aliphatic carboxylic acids is 1. The molecule has 1 saturated heterocycles. The highest BCUT2D eigenvalue weighted by atomic mass is 16.4. The molecule has 2 N–H and O–H groups in total. The lowest BCUT2D eigenvalue weighted by Crippen LogP contribution is -2.45. The molecule has 0 bridgehead atoms. The first-order chi connectivity index (χ1) is 10.1. The quantitative estimate of drug-likeness (QED) is 0.769. The van der Waals surface area contributed by atoms with E-state index in [-0.39, 0.29) is 18.4 Å². The molecule has 0 radical (unpaired) electrons. The third-order valence-corrected chi connectivity index (χ3v) is 4.55. The van der Waals surface area contributed by atoms with Crippen LogP contribution in [0.2, 0.25) is 0 Å². The second kappa shape index (κ2) is 7.43. The average Bonchev–Trinajstić information content (AvgIpc) is 3.12. The maximum atomic E-state index is 12.0. The van der Waals surface area contributed by atoms with Crippen LogP contribution in [0.4, 0.5) is 0 Å². The van der Waals surface area contributed by atoms with E-state index in [2.05, 4.69) is 5.32 Å². The first-order valence-corrected chi connectivity index (χ1v) is 7.87. The monoisotopic (exact) mass is 296 g/mol. The Hall–Kier alpha value is -1.59. The molecule has 0 aromatic rings. The van der Waals surface area contributed by atoms with Crippen molar-refractivity contribution in [2.45, 2.75) is 57.4 Å². The van der Waals surface area contributed by atoms with Crippen molar-refractivity contribution in [3.63, 3.8) is 0 Å². The third-order valence-electron chi connectivity index (χ3n) is 4.55.